The number of carbonyl (C=O) groups is 1. The van der Waals surface area contributed by atoms with Crippen molar-refractivity contribution in [1.29, 1.82) is 0 Å². The summed E-state index contributed by atoms with van der Waals surface area (Å²) in [6.45, 7) is -1.98. The molecule has 0 radical (unpaired) electrons. The number of nitrogens with zero attached hydrogens (tertiary/aromatic N) is 1. The fourth-order valence-electron chi connectivity index (χ4n) is 2.36. The highest BCUT2D eigenvalue weighted by Gasteiger charge is 2.55. The van der Waals surface area contributed by atoms with E-state index in [1.807, 2.05) is 0 Å². The fourth-order valence-corrected chi connectivity index (χ4v) is 4.18. The van der Waals surface area contributed by atoms with Crippen LogP contribution in [-0.4, -0.2) is 43.1 Å². The topological polar surface area (TPSA) is 74.7 Å². The summed E-state index contributed by atoms with van der Waals surface area (Å²) in [4.78, 5) is 10.1. The molecular formula is C12H10ClF4NO4S. The van der Waals surface area contributed by atoms with Gasteiger partial charge in [-0.05, 0) is 18.2 Å². The predicted octanol–water partition coefficient (Wildman–Crippen LogP) is 2.36. The first-order chi connectivity index (χ1) is 10.4. The van der Waals surface area contributed by atoms with Gasteiger partial charge < -0.3 is 5.11 Å². The van der Waals surface area contributed by atoms with Crippen LogP contribution in [0.1, 0.15) is 0 Å². The van der Waals surface area contributed by atoms with Gasteiger partial charge in [-0.25, -0.2) is 12.8 Å². The number of rotatable bonds is 3. The lowest BCUT2D eigenvalue weighted by atomic mass is 9.96. The van der Waals surface area contributed by atoms with E-state index in [9.17, 15) is 30.8 Å². The molecule has 1 saturated heterocycles. The second-order valence-electron chi connectivity index (χ2n) is 4.99. The van der Waals surface area contributed by atoms with Gasteiger partial charge in [0.1, 0.15) is 10.7 Å². The van der Waals surface area contributed by atoms with Crippen LogP contribution in [0.4, 0.5) is 17.6 Å². The molecule has 0 aromatic heterocycles. The smallest absolute Gasteiger partial charge is 0.393 e. The lowest BCUT2D eigenvalue weighted by Gasteiger charge is -2.18. The van der Waals surface area contributed by atoms with Crippen LogP contribution in [0.25, 0.3) is 0 Å². The van der Waals surface area contributed by atoms with Gasteiger partial charge in [-0.15, -0.1) is 0 Å². The lowest BCUT2D eigenvalue weighted by molar-refractivity contribution is -0.187. The summed E-state index contributed by atoms with van der Waals surface area (Å²) in [5.41, 5.74) is 0. The maximum Gasteiger partial charge on any atom is 0.393 e. The summed E-state index contributed by atoms with van der Waals surface area (Å²) in [6, 6.07) is 2.61. The minimum atomic E-state index is -4.89. The first-order valence-corrected chi connectivity index (χ1v) is 8.01. The number of sulfonamides is 1. The Morgan fingerprint density at radius 3 is 2.39 bits per heavy atom. The number of alkyl halides is 3. The van der Waals surface area contributed by atoms with Gasteiger partial charge >= 0.3 is 12.1 Å². The standard InChI is InChI=1S/C12H10ClF4NO4S/c13-6-1-2-9(14)10(3-6)23(21,22)18-4-7(11(19)20)8(5-18)12(15,16)17/h1-3,7-8H,4-5H2,(H,19,20)/t7-,8-/m1/s1. The molecular weight excluding hydrogens is 366 g/mol. The van der Waals surface area contributed by atoms with Gasteiger partial charge in [0.25, 0.3) is 0 Å². The van der Waals surface area contributed by atoms with Gasteiger partial charge in [-0.2, -0.15) is 17.5 Å². The molecule has 5 nitrogen and oxygen atoms in total. The molecule has 1 fully saturated rings. The molecule has 1 aromatic carbocycles. The van der Waals surface area contributed by atoms with E-state index in [0.29, 0.717) is 4.31 Å². The van der Waals surface area contributed by atoms with Gasteiger partial charge in [0.2, 0.25) is 10.0 Å². The number of halogens is 5. The Kier molecular flexibility index (Phi) is 4.62. The van der Waals surface area contributed by atoms with Crippen molar-refractivity contribution in [3.05, 3.63) is 29.0 Å². The van der Waals surface area contributed by atoms with Crippen molar-refractivity contribution in [2.45, 2.75) is 11.1 Å². The quantitative estimate of drug-likeness (QED) is 0.823. The third-order valence-corrected chi connectivity index (χ3v) is 5.62. The van der Waals surface area contributed by atoms with E-state index in [1.54, 1.807) is 0 Å². The summed E-state index contributed by atoms with van der Waals surface area (Å²) in [5.74, 6) is -7.27. The SMILES string of the molecule is O=C(O)[C@@H]1CN(S(=O)(=O)c2cc(Cl)ccc2F)C[C@H]1C(F)(F)F. The summed E-state index contributed by atoms with van der Waals surface area (Å²) < 4.78 is 77.3. The fraction of sp³-hybridized carbons (Fsp3) is 0.417. The van der Waals surface area contributed by atoms with Gasteiger partial charge in [0.05, 0.1) is 11.8 Å². The summed E-state index contributed by atoms with van der Waals surface area (Å²) in [7, 11) is -4.64. The third-order valence-electron chi connectivity index (χ3n) is 3.54. The molecule has 0 bridgehead atoms. The second kappa shape index (κ2) is 5.91. The van der Waals surface area contributed by atoms with Crippen LogP contribution in [0.2, 0.25) is 5.02 Å². The minimum Gasteiger partial charge on any atom is -0.481 e. The van der Waals surface area contributed by atoms with Crippen LogP contribution in [0, 0.1) is 17.7 Å². The van der Waals surface area contributed by atoms with Crippen LogP contribution < -0.4 is 0 Å². The predicted molar refractivity (Wildman–Crippen MR) is 70.8 cm³/mol. The van der Waals surface area contributed by atoms with Gasteiger partial charge in [0, 0.05) is 18.1 Å². The molecule has 1 N–H and O–H groups in total. The van der Waals surface area contributed by atoms with Crippen molar-refractivity contribution in [2.24, 2.45) is 11.8 Å². The molecule has 1 aromatic rings. The van der Waals surface area contributed by atoms with Crippen molar-refractivity contribution in [3.63, 3.8) is 0 Å². The van der Waals surface area contributed by atoms with Gasteiger partial charge in [-0.3, -0.25) is 4.79 Å². The van der Waals surface area contributed by atoms with Gasteiger partial charge in [-0.1, -0.05) is 11.6 Å². The van der Waals surface area contributed by atoms with Crippen LogP contribution in [0.3, 0.4) is 0 Å². The van der Waals surface area contributed by atoms with E-state index in [2.05, 4.69) is 0 Å². The number of carboxylic acids is 1. The zero-order chi connectivity index (χ0) is 17.6. The minimum absolute atomic E-state index is 0.119. The highest BCUT2D eigenvalue weighted by molar-refractivity contribution is 7.89. The van der Waals surface area contributed by atoms with Crippen LogP contribution in [-0.2, 0) is 14.8 Å². The molecule has 0 saturated carbocycles. The summed E-state index contributed by atoms with van der Waals surface area (Å²) in [6.07, 6.45) is -4.89. The van der Waals surface area contributed by atoms with Crippen molar-refractivity contribution in [3.8, 4) is 0 Å². The average Bonchev–Trinajstić information content (AvgIpc) is 2.87. The number of carboxylic acid groups (broad SMARTS) is 1. The van der Waals surface area contributed by atoms with Crippen molar-refractivity contribution < 1.29 is 35.9 Å². The zero-order valence-corrected chi connectivity index (χ0v) is 12.8. The van der Waals surface area contributed by atoms with Crippen LogP contribution >= 0.6 is 11.6 Å². The molecule has 0 spiro atoms. The number of benzene rings is 1. The Morgan fingerprint density at radius 1 is 1.30 bits per heavy atom. The van der Waals surface area contributed by atoms with Crippen molar-refractivity contribution in [1.82, 2.24) is 4.31 Å². The van der Waals surface area contributed by atoms with E-state index >= 15 is 0 Å². The zero-order valence-electron chi connectivity index (χ0n) is 11.2. The van der Waals surface area contributed by atoms with E-state index in [0.717, 1.165) is 18.2 Å². The van der Waals surface area contributed by atoms with Gasteiger partial charge in [0.15, 0.2) is 0 Å². The van der Waals surface area contributed by atoms with E-state index in [4.69, 9.17) is 16.7 Å². The molecule has 1 aliphatic rings. The molecule has 2 rings (SSSR count). The molecule has 11 heteroatoms. The van der Waals surface area contributed by atoms with E-state index in [1.165, 1.54) is 0 Å². The highest BCUT2D eigenvalue weighted by Crippen LogP contribution is 2.40. The lowest BCUT2D eigenvalue weighted by Crippen LogP contribution is -2.34. The normalized spacial score (nSPS) is 23.2. The maximum atomic E-state index is 13.7. The highest BCUT2D eigenvalue weighted by atomic mass is 35.5. The number of aliphatic carboxylic acids is 1. The Labute approximate surface area is 133 Å². The van der Waals surface area contributed by atoms with E-state index in [-0.39, 0.29) is 5.02 Å². The number of hydrogen-bond donors (Lipinski definition) is 1. The first-order valence-electron chi connectivity index (χ1n) is 6.19. The molecule has 0 unspecified atom stereocenters. The van der Waals surface area contributed by atoms with Crippen molar-refractivity contribution >= 4 is 27.6 Å². The Hall–Kier alpha value is -1.39. The Morgan fingerprint density at radius 2 is 1.91 bits per heavy atom. The maximum absolute atomic E-state index is 13.7. The largest absolute Gasteiger partial charge is 0.481 e. The molecule has 1 heterocycles. The van der Waals surface area contributed by atoms with E-state index < -0.39 is 57.8 Å². The number of hydrogen-bond acceptors (Lipinski definition) is 3. The summed E-state index contributed by atoms with van der Waals surface area (Å²) >= 11 is 5.59. The Bertz CT molecular complexity index is 737. The average molecular weight is 376 g/mol. The monoisotopic (exact) mass is 375 g/mol. The first kappa shape index (κ1) is 18.0. The van der Waals surface area contributed by atoms with Crippen LogP contribution in [0.15, 0.2) is 23.1 Å². The molecule has 23 heavy (non-hydrogen) atoms. The Balaban J connectivity index is 2.42. The molecule has 0 amide bonds. The summed E-state index contributed by atoms with van der Waals surface area (Å²) in [5, 5.41) is 8.76. The van der Waals surface area contributed by atoms with Crippen LogP contribution in [0.5, 0.6) is 0 Å². The second-order valence-corrected chi connectivity index (χ2v) is 7.33. The molecule has 1 aliphatic heterocycles. The van der Waals surface area contributed by atoms with Crippen molar-refractivity contribution in [2.75, 3.05) is 13.1 Å². The molecule has 128 valence electrons. The third kappa shape index (κ3) is 3.43. The molecule has 2 atom stereocenters. The molecule has 0 aliphatic carbocycles.